The summed E-state index contributed by atoms with van der Waals surface area (Å²) < 4.78 is 4.94. The van der Waals surface area contributed by atoms with E-state index in [0.717, 1.165) is 18.4 Å². The molecule has 0 fully saturated rings. The third-order valence-corrected chi connectivity index (χ3v) is 2.75. The summed E-state index contributed by atoms with van der Waals surface area (Å²) in [6.45, 7) is 3.39. The predicted octanol–water partition coefficient (Wildman–Crippen LogP) is 2.33. The van der Waals surface area contributed by atoms with E-state index in [1.807, 2.05) is 37.3 Å². The number of carbonyl (C=O) groups is 1. The van der Waals surface area contributed by atoms with Crippen LogP contribution in [0.25, 0.3) is 0 Å². The normalized spacial score (nSPS) is 12.1. The van der Waals surface area contributed by atoms with Gasteiger partial charge in [-0.25, -0.2) is 0 Å². The summed E-state index contributed by atoms with van der Waals surface area (Å²) in [6, 6.07) is 9.91. The SMILES string of the molecule is CCC(C(=O)NCCCOC)c1ccccc1. The predicted molar refractivity (Wildman–Crippen MR) is 69.0 cm³/mol. The molecule has 94 valence electrons. The molecule has 3 nitrogen and oxygen atoms in total. The van der Waals surface area contributed by atoms with Crippen LogP contribution in [0.15, 0.2) is 30.3 Å². The molecule has 3 heteroatoms. The Morgan fingerprint density at radius 3 is 2.65 bits per heavy atom. The van der Waals surface area contributed by atoms with Gasteiger partial charge in [0.15, 0.2) is 0 Å². The average Bonchev–Trinajstić information content (AvgIpc) is 2.37. The van der Waals surface area contributed by atoms with Gasteiger partial charge < -0.3 is 10.1 Å². The Balaban J connectivity index is 2.48. The minimum atomic E-state index is -0.0428. The first kappa shape index (κ1) is 13.7. The summed E-state index contributed by atoms with van der Waals surface area (Å²) in [5, 5.41) is 2.95. The fraction of sp³-hybridized carbons (Fsp3) is 0.500. The van der Waals surface area contributed by atoms with Gasteiger partial charge in [0.05, 0.1) is 5.92 Å². The number of methoxy groups -OCH3 is 1. The van der Waals surface area contributed by atoms with Crippen molar-refractivity contribution in [2.45, 2.75) is 25.7 Å². The molecule has 0 saturated heterocycles. The van der Waals surface area contributed by atoms with Crippen LogP contribution in [0, 0.1) is 0 Å². The summed E-state index contributed by atoms with van der Waals surface area (Å²) in [6.07, 6.45) is 1.67. The van der Waals surface area contributed by atoms with Crippen molar-refractivity contribution in [2.24, 2.45) is 0 Å². The molecule has 1 N–H and O–H groups in total. The van der Waals surface area contributed by atoms with E-state index in [0.29, 0.717) is 13.2 Å². The van der Waals surface area contributed by atoms with Crippen molar-refractivity contribution in [2.75, 3.05) is 20.3 Å². The van der Waals surface area contributed by atoms with Gasteiger partial charge in [0, 0.05) is 20.3 Å². The topological polar surface area (TPSA) is 38.3 Å². The van der Waals surface area contributed by atoms with E-state index >= 15 is 0 Å². The van der Waals surface area contributed by atoms with Crippen LogP contribution >= 0.6 is 0 Å². The van der Waals surface area contributed by atoms with Crippen LogP contribution in [0.2, 0.25) is 0 Å². The first-order valence-electron chi connectivity index (χ1n) is 6.11. The van der Waals surface area contributed by atoms with Gasteiger partial charge in [0.2, 0.25) is 5.91 Å². The summed E-state index contributed by atoms with van der Waals surface area (Å²) in [5.41, 5.74) is 1.08. The zero-order valence-corrected chi connectivity index (χ0v) is 10.6. The lowest BCUT2D eigenvalue weighted by Crippen LogP contribution is -2.30. The van der Waals surface area contributed by atoms with E-state index in [1.54, 1.807) is 7.11 Å². The van der Waals surface area contributed by atoms with Crippen LogP contribution in [0.5, 0.6) is 0 Å². The smallest absolute Gasteiger partial charge is 0.227 e. The maximum atomic E-state index is 12.0. The van der Waals surface area contributed by atoms with Crippen LogP contribution < -0.4 is 5.32 Å². The number of carbonyl (C=O) groups excluding carboxylic acids is 1. The Morgan fingerprint density at radius 2 is 2.06 bits per heavy atom. The number of hydrogen-bond acceptors (Lipinski definition) is 2. The Bertz CT molecular complexity index is 324. The second-order valence-corrected chi connectivity index (χ2v) is 4.01. The summed E-state index contributed by atoms with van der Waals surface area (Å²) in [4.78, 5) is 12.0. The molecule has 1 aromatic rings. The molecule has 1 unspecified atom stereocenters. The highest BCUT2D eigenvalue weighted by molar-refractivity contribution is 5.83. The van der Waals surface area contributed by atoms with Gasteiger partial charge >= 0.3 is 0 Å². The molecule has 0 aliphatic rings. The molecule has 0 saturated carbocycles. The monoisotopic (exact) mass is 235 g/mol. The van der Waals surface area contributed by atoms with Gasteiger partial charge in [-0.1, -0.05) is 37.3 Å². The van der Waals surface area contributed by atoms with Crippen molar-refractivity contribution < 1.29 is 9.53 Å². The lowest BCUT2D eigenvalue weighted by molar-refractivity contribution is -0.122. The van der Waals surface area contributed by atoms with Crippen LogP contribution in [0.1, 0.15) is 31.2 Å². The van der Waals surface area contributed by atoms with Gasteiger partial charge in [-0.15, -0.1) is 0 Å². The van der Waals surface area contributed by atoms with Crippen molar-refractivity contribution in [1.29, 1.82) is 0 Å². The van der Waals surface area contributed by atoms with Crippen LogP contribution in [-0.4, -0.2) is 26.2 Å². The molecule has 0 aliphatic heterocycles. The second-order valence-electron chi connectivity index (χ2n) is 4.01. The van der Waals surface area contributed by atoms with Crippen molar-refractivity contribution in [3.05, 3.63) is 35.9 Å². The van der Waals surface area contributed by atoms with E-state index in [-0.39, 0.29) is 11.8 Å². The first-order valence-corrected chi connectivity index (χ1v) is 6.11. The van der Waals surface area contributed by atoms with E-state index < -0.39 is 0 Å². The fourth-order valence-electron chi connectivity index (χ4n) is 1.81. The van der Waals surface area contributed by atoms with Crippen LogP contribution in [0.4, 0.5) is 0 Å². The lowest BCUT2D eigenvalue weighted by Gasteiger charge is -2.15. The second kappa shape index (κ2) is 7.85. The maximum Gasteiger partial charge on any atom is 0.227 e. The largest absolute Gasteiger partial charge is 0.385 e. The first-order chi connectivity index (χ1) is 8.29. The Labute approximate surface area is 103 Å². The van der Waals surface area contributed by atoms with Gasteiger partial charge in [-0.2, -0.15) is 0 Å². The summed E-state index contributed by atoms with van der Waals surface area (Å²) in [7, 11) is 1.67. The fourth-order valence-corrected chi connectivity index (χ4v) is 1.81. The van der Waals surface area contributed by atoms with Crippen LogP contribution in [-0.2, 0) is 9.53 Å². The van der Waals surface area contributed by atoms with Crippen molar-refractivity contribution in [3.63, 3.8) is 0 Å². The molecule has 1 atom stereocenters. The number of hydrogen-bond donors (Lipinski definition) is 1. The van der Waals surface area contributed by atoms with Gasteiger partial charge in [0.25, 0.3) is 0 Å². The third kappa shape index (κ3) is 4.57. The Morgan fingerprint density at radius 1 is 1.35 bits per heavy atom. The highest BCUT2D eigenvalue weighted by Crippen LogP contribution is 2.18. The number of ether oxygens (including phenoxy) is 1. The minimum absolute atomic E-state index is 0.0428. The van der Waals surface area contributed by atoms with E-state index in [2.05, 4.69) is 5.32 Å². The maximum absolute atomic E-state index is 12.0. The standard InChI is InChI=1S/C14H21NO2/c1-3-13(12-8-5-4-6-9-12)14(16)15-10-7-11-17-2/h4-6,8-9,13H,3,7,10-11H2,1-2H3,(H,15,16). The number of benzene rings is 1. The molecule has 1 aromatic carbocycles. The molecule has 0 heterocycles. The molecule has 1 amide bonds. The molecule has 0 bridgehead atoms. The molecule has 0 spiro atoms. The average molecular weight is 235 g/mol. The van der Waals surface area contributed by atoms with E-state index in [4.69, 9.17) is 4.74 Å². The highest BCUT2D eigenvalue weighted by Gasteiger charge is 2.17. The number of amides is 1. The molecule has 0 aliphatic carbocycles. The Kier molecular flexibility index (Phi) is 6.33. The summed E-state index contributed by atoms with van der Waals surface area (Å²) in [5.74, 6) is 0.0635. The van der Waals surface area contributed by atoms with Gasteiger partial charge in [0.1, 0.15) is 0 Å². The molecular formula is C14H21NO2. The van der Waals surface area contributed by atoms with E-state index in [9.17, 15) is 4.79 Å². The van der Waals surface area contributed by atoms with E-state index in [1.165, 1.54) is 0 Å². The molecule has 0 aromatic heterocycles. The van der Waals surface area contributed by atoms with Crippen molar-refractivity contribution in [1.82, 2.24) is 5.32 Å². The third-order valence-electron chi connectivity index (χ3n) is 2.75. The zero-order chi connectivity index (χ0) is 12.5. The zero-order valence-electron chi connectivity index (χ0n) is 10.6. The van der Waals surface area contributed by atoms with Crippen molar-refractivity contribution >= 4 is 5.91 Å². The van der Waals surface area contributed by atoms with Gasteiger partial charge in [-0.3, -0.25) is 4.79 Å². The molecule has 0 radical (unpaired) electrons. The Hall–Kier alpha value is -1.35. The van der Waals surface area contributed by atoms with Crippen molar-refractivity contribution in [3.8, 4) is 0 Å². The quantitative estimate of drug-likeness (QED) is 0.737. The highest BCUT2D eigenvalue weighted by atomic mass is 16.5. The lowest BCUT2D eigenvalue weighted by atomic mass is 9.96. The van der Waals surface area contributed by atoms with Crippen LogP contribution in [0.3, 0.4) is 0 Å². The molecule has 1 rings (SSSR count). The van der Waals surface area contributed by atoms with Gasteiger partial charge in [-0.05, 0) is 18.4 Å². The molecular weight excluding hydrogens is 214 g/mol. The number of nitrogens with one attached hydrogen (secondary N) is 1. The minimum Gasteiger partial charge on any atom is -0.385 e. The number of rotatable bonds is 7. The molecule has 17 heavy (non-hydrogen) atoms. The summed E-state index contributed by atoms with van der Waals surface area (Å²) >= 11 is 0.